The number of amides is 2. The molecule has 5 heteroatoms. The molecule has 0 bridgehead atoms. The van der Waals surface area contributed by atoms with Crippen molar-refractivity contribution in [2.24, 2.45) is 11.8 Å². The summed E-state index contributed by atoms with van der Waals surface area (Å²) < 4.78 is 0. The second-order valence-electron chi connectivity index (χ2n) is 4.61. The third kappa shape index (κ3) is 1.42. The minimum atomic E-state index is -0.123. The van der Waals surface area contributed by atoms with Crippen LogP contribution in [-0.4, -0.2) is 16.8 Å². The summed E-state index contributed by atoms with van der Waals surface area (Å²) in [5.41, 5.74) is 6.06. The van der Waals surface area contributed by atoms with E-state index in [2.05, 4.69) is 4.98 Å². The lowest BCUT2D eigenvalue weighted by Gasteiger charge is -2.14. The molecule has 1 saturated carbocycles. The van der Waals surface area contributed by atoms with Crippen molar-refractivity contribution in [2.45, 2.75) is 19.3 Å². The first-order chi connectivity index (χ1) is 8.18. The Kier molecular flexibility index (Phi) is 2.14. The average Bonchev–Trinajstić information content (AvgIpc) is 2.87. The van der Waals surface area contributed by atoms with Crippen LogP contribution in [0.25, 0.3) is 0 Å². The number of pyridine rings is 1. The molecule has 2 unspecified atom stereocenters. The third-order valence-electron chi connectivity index (χ3n) is 3.59. The van der Waals surface area contributed by atoms with Crippen molar-refractivity contribution in [3.05, 3.63) is 18.3 Å². The van der Waals surface area contributed by atoms with Gasteiger partial charge in [-0.1, -0.05) is 6.42 Å². The summed E-state index contributed by atoms with van der Waals surface area (Å²) in [4.78, 5) is 29.5. The van der Waals surface area contributed by atoms with Crippen LogP contribution < -0.4 is 10.6 Å². The first-order valence-electron chi connectivity index (χ1n) is 5.78. The molecule has 17 heavy (non-hydrogen) atoms. The molecule has 88 valence electrons. The van der Waals surface area contributed by atoms with Crippen molar-refractivity contribution in [2.75, 3.05) is 10.6 Å². The predicted octanol–water partition coefficient (Wildman–Crippen LogP) is 0.953. The Balaban J connectivity index is 1.96. The molecule has 0 aromatic carbocycles. The quantitative estimate of drug-likeness (QED) is 0.730. The van der Waals surface area contributed by atoms with E-state index in [-0.39, 0.29) is 23.7 Å². The summed E-state index contributed by atoms with van der Waals surface area (Å²) in [6.07, 6.45) is 4.07. The van der Waals surface area contributed by atoms with Gasteiger partial charge >= 0.3 is 0 Å². The van der Waals surface area contributed by atoms with Crippen LogP contribution >= 0.6 is 0 Å². The number of carbonyl (C=O) groups excluding carboxylic acids is 2. The van der Waals surface area contributed by atoms with Crippen LogP contribution in [0.15, 0.2) is 18.3 Å². The zero-order valence-corrected chi connectivity index (χ0v) is 9.30. The normalized spacial score (nSPS) is 27.6. The molecule has 3 rings (SSSR count). The third-order valence-corrected chi connectivity index (χ3v) is 3.59. The Bertz CT molecular complexity index is 461. The van der Waals surface area contributed by atoms with E-state index in [4.69, 9.17) is 5.73 Å². The number of nitrogen functional groups attached to an aromatic ring is 1. The summed E-state index contributed by atoms with van der Waals surface area (Å²) in [7, 11) is 0. The minimum absolute atomic E-state index is 0.102. The molecule has 2 heterocycles. The molecule has 2 aliphatic rings. The summed E-state index contributed by atoms with van der Waals surface area (Å²) in [5, 5.41) is 0. The van der Waals surface area contributed by atoms with Crippen LogP contribution in [0.5, 0.6) is 0 Å². The molecule has 5 nitrogen and oxygen atoms in total. The lowest BCUT2D eigenvalue weighted by molar-refractivity contribution is -0.122. The van der Waals surface area contributed by atoms with Crippen molar-refractivity contribution in [1.82, 2.24) is 4.98 Å². The number of imide groups is 1. The standard InChI is InChI=1S/C12H13N3O2/c13-7-4-5-10(14-6-7)15-11(16)8-2-1-3-9(8)12(15)17/h4-6,8-9H,1-3,13H2. The number of hydrogen-bond donors (Lipinski definition) is 1. The number of hydrogen-bond acceptors (Lipinski definition) is 4. The predicted molar refractivity (Wildman–Crippen MR) is 62.0 cm³/mol. The molecule has 1 aromatic rings. The SMILES string of the molecule is Nc1ccc(N2C(=O)C3CCCC3C2=O)nc1. The zero-order valence-electron chi connectivity index (χ0n) is 9.30. The smallest absolute Gasteiger partial charge is 0.238 e. The minimum Gasteiger partial charge on any atom is -0.397 e. The fourth-order valence-electron chi connectivity index (χ4n) is 2.75. The van der Waals surface area contributed by atoms with E-state index in [1.54, 1.807) is 12.1 Å². The number of aromatic nitrogens is 1. The van der Waals surface area contributed by atoms with Gasteiger partial charge in [-0.05, 0) is 25.0 Å². The van der Waals surface area contributed by atoms with E-state index in [0.29, 0.717) is 11.5 Å². The Morgan fingerprint density at radius 1 is 1.18 bits per heavy atom. The van der Waals surface area contributed by atoms with Gasteiger partial charge in [0, 0.05) is 0 Å². The number of nitrogens with two attached hydrogens (primary N) is 1. The molecule has 2 amide bonds. The highest BCUT2D eigenvalue weighted by Gasteiger charge is 2.50. The fourth-order valence-corrected chi connectivity index (χ4v) is 2.75. The maximum Gasteiger partial charge on any atom is 0.238 e. The van der Waals surface area contributed by atoms with Gasteiger partial charge in [0.2, 0.25) is 11.8 Å². The van der Waals surface area contributed by atoms with Gasteiger partial charge in [-0.15, -0.1) is 0 Å². The van der Waals surface area contributed by atoms with E-state index >= 15 is 0 Å². The summed E-state index contributed by atoms with van der Waals surface area (Å²) >= 11 is 0. The van der Waals surface area contributed by atoms with Gasteiger partial charge in [0.15, 0.2) is 0 Å². The highest BCUT2D eigenvalue weighted by molar-refractivity contribution is 6.21. The van der Waals surface area contributed by atoms with Gasteiger partial charge in [-0.25, -0.2) is 9.88 Å². The number of nitrogens with zero attached hydrogens (tertiary/aromatic N) is 2. The number of rotatable bonds is 1. The largest absolute Gasteiger partial charge is 0.397 e. The van der Waals surface area contributed by atoms with E-state index in [1.807, 2.05) is 0 Å². The van der Waals surface area contributed by atoms with Gasteiger partial charge in [0.1, 0.15) is 5.82 Å². The monoisotopic (exact) mass is 231 g/mol. The molecular weight excluding hydrogens is 218 g/mol. The van der Waals surface area contributed by atoms with Gasteiger partial charge in [-0.3, -0.25) is 9.59 Å². The van der Waals surface area contributed by atoms with Crippen molar-refractivity contribution in [1.29, 1.82) is 0 Å². The van der Waals surface area contributed by atoms with Crippen LogP contribution in [-0.2, 0) is 9.59 Å². The first kappa shape index (κ1) is 10.3. The van der Waals surface area contributed by atoms with E-state index in [0.717, 1.165) is 19.3 Å². The Morgan fingerprint density at radius 3 is 2.35 bits per heavy atom. The van der Waals surface area contributed by atoms with Crippen LogP contribution in [0.4, 0.5) is 11.5 Å². The van der Waals surface area contributed by atoms with Crippen molar-refractivity contribution in [3.8, 4) is 0 Å². The van der Waals surface area contributed by atoms with Crippen LogP contribution in [0.3, 0.4) is 0 Å². The maximum absolute atomic E-state index is 12.1. The first-order valence-corrected chi connectivity index (χ1v) is 5.78. The molecule has 2 N–H and O–H groups in total. The fraction of sp³-hybridized carbons (Fsp3) is 0.417. The second-order valence-corrected chi connectivity index (χ2v) is 4.61. The lowest BCUT2D eigenvalue weighted by atomic mass is 10.00. The van der Waals surface area contributed by atoms with Crippen molar-refractivity contribution in [3.63, 3.8) is 0 Å². The van der Waals surface area contributed by atoms with Gasteiger partial charge in [0.25, 0.3) is 0 Å². The van der Waals surface area contributed by atoms with E-state index < -0.39 is 0 Å². The summed E-state index contributed by atoms with van der Waals surface area (Å²) in [6.45, 7) is 0. The molecule has 0 radical (unpaired) electrons. The lowest BCUT2D eigenvalue weighted by Crippen LogP contribution is -2.32. The van der Waals surface area contributed by atoms with Crippen molar-refractivity contribution < 1.29 is 9.59 Å². The number of fused-ring (bicyclic) bond motifs is 1. The van der Waals surface area contributed by atoms with Gasteiger partial charge < -0.3 is 5.73 Å². The molecular formula is C12H13N3O2. The van der Waals surface area contributed by atoms with Gasteiger partial charge in [0.05, 0.1) is 23.7 Å². The van der Waals surface area contributed by atoms with Crippen LogP contribution in [0.1, 0.15) is 19.3 Å². The van der Waals surface area contributed by atoms with E-state index in [9.17, 15) is 9.59 Å². The molecule has 1 saturated heterocycles. The number of carbonyl (C=O) groups is 2. The van der Waals surface area contributed by atoms with Crippen molar-refractivity contribution >= 4 is 23.3 Å². The molecule has 0 spiro atoms. The van der Waals surface area contributed by atoms with Crippen LogP contribution in [0, 0.1) is 11.8 Å². The average molecular weight is 231 g/mol. The molecule has 2 fully saturated rings. The van der Waals surface area contributed by atoms with Gasteiger partial charge in [-0.2, -0.15) is 0 Å². The molecule has 2 atom stereocenters. The highest BCUT2D eigenvalue weighted by atomic mass is 16.2. The van der Waals surface area contributed by atoms with E-state index in [1.165, 1.54) is 11.1 Å². The zero-order chi connectivity index (χ0) is 12.0. The second kappa shape index (κ2) is 3.55. The van der Waals surface area contributed by atoms with Crippen LogP contribution in [0.2, 0.25) is 0 Å². The number of anilines is 2. The Hall–Kier alpha value is -1.91. The molecule has 1 aliphatic heterocycles. The highest BCUT2D eigenvalue weighted by Crippen LogP contribution is 2.41. The Labute approximate surface area is 98.6 Å². The molecule has 1 aliphatic carbocycles. The maximum atomic E-state index is 12.1. The topological polar surface area (TPSA) is 76.3 Å². The summed E-state index contributed by atoms with van der Waals surface area (Å²) in [5.74, 6) is -0.0585. The Morgan fingerprint density at radius 2 is 1.82 bits per heavy atom. The molecule has 1 aromatic heterocycles. The summed E-state index contributed by atoms with van der Waals surface area (Å²) in [6, 6.07) is 3.27.